The fourth-order valence-corrected chi connectivity index (χ4v) is 3.53. The third kappa shape index (κ3) is 5.16. The Hall–Kier alpha value is -2.75. The molecule has 0 aliphatic heterocycles. The number of hydrogen-bond acceptors (Lipinski definition) is 4. The average Bonchev–Trinajstić information content (AvgIpc) is 3.01. The number of ketones is 1. The van der Waals surface area contributed by atoms with E-state index in [0.717, 1.165) is 41.7 Å². The van der Waals surface area contributed by atoms with Crippen molar-refractivity contribution in [2.75, 3.05) is 7.11 Å². The van der Waals surface area contributed by atoms with Crippen LogP contribution in [0.4, 0.5) is 0 Å². The van der Waals surface area contributed by atoms with Crippen molar-refractivity contribution in [2.45, 2.75) is 47.0 Å². The number of rotatable bonds is 4. The fraction of sp³-hybridized carbons (Fsp3) is 0.375. The molecule has 0 fully saturated rings. The summed E-state index contributed by atoms with van der Waals surface area (Å²) in [6.45, 7) is 8.03. The molecular formula is C24H30O4. The Morgan fingerprint density at radius 2 is 1.82 bits per heavy atom. The second kappa shape index (κ2) is 9.45. The molecule has 150 valence electrons. The highest BCUT2D eigenvalue weighted by atomic mass is 16.5. The molecule has 0 spiro atoms. The molecule has 0 saturated heterocycles. The topological polar surface area (TPSA) is 66.8 Å². The summed E-state index contributed by atoms with van der Waals surface area (Å²) in [4.78, 5) is 11.5. The molecule has 2 aromatic rings. The molecule has 4 nitrogen and oxygen atoms in total. The van der Waals surface area contributed by atoms with Crippen molar-refractivity contribution in [3.63, 3.8) is 0 Å². The summed E-state index contributed by atoms with van der Waals surface area (Å²) in [7, 11) is 1.68. The lowest BCUT2D eigenvalue weighted by atomic mass is 9.97. The Bertz CT molecular complexity index is 880. The number of phenols is 2. The molecule has 28 heavy (non-hydrogen) atoms. The summed E-state index contributed by atoms with van der Waals surface area (Å²) in [5.74, 6) is 1.55. The van der Waals surface area contributed by atoms with Crippen LogP contribution in [0.3, 0.4) is 0 Å². The van der Waals surface area contributed by atoms with Gasteiger partial charge in [0, 0.05) is 11.1 Å². The molecule has 0 radical (unpaired) electrons. The Labute approximate surface area is 167 Å². The summed E-state index contributed by atoms with van der Waals surface area (Å²) < 4.78 is 5.43. The van der Waals surface area contributed by atoms with Gasteiger partial charge in [-0.2, -0.15) is 0 Å². The Balaban J connectivity index is 0.000000237. The maximum atomic E-state index is 11.5. The zero-order chi connectivity index (χ0) is 20.8. The first kappa shape index (κ1) is 21.5. The lowest BCUT2D eigenvalue weighted by Crippen LogP contribution is -1.98. The van der Waals surface area contributed by atoms with Crippen LogP contribution in [0.25, 0.3) is 5.57 Å². The molecular weight excluding hydrogens is 352 g/mol. The van der Waals surface area contributed by atoms with Crippen molar-refractivity contribution in [3.8, 4) is 17.2 Å². The SMILES string of the molecule is CCc1ccc(O)c(O)c1.COc1ccc(C(C)=O)cc1C1=C(C)CC(C)C1. The number of methoxy groups -OCH3 is 1. The average molecular weight is 383 g/mol. The van der Waals surface area contributed by atoms with Crippen molar-refractivity contribution in [2.24, 2.45) is 5.92 Å². The highest BCUT2D eigenvalue weighted by Crippen LogP contribution is 2.41. The second-order valence-corrected chi connectivity index (χ2v) is 7.42. The minimum atomic E-state index is -0.0581. The van der Waals surface area contributed by atoms with Crippen LogP contribution in [0, 0.1) is 5.92 Å². The standard InChI is InChI=1S/C16H20O2.C8H10O2/c1-10-7-11(2)14(8-10)15-9-13(12(3)17)5-6-16(15)18-4;1-2-6-3-4-7(9)8(10)5-6/h5-6,9-10H,7-8H2,1-4H3;3-5,9-10H,2H2,1H3. The highest BCUT2D eigenvalue weighted by Gasteiger charge is 2.22. The maximum Gasteiger partial charge on any atom is 0.159 e. The van der Waals surface area contributed by atoms with Crippen LogP contribution in [0.2, 0.25) is 0 Å². The second-order valence-electron chi connectivity index (χ2n) is 7.42. The van der Waals surface area contributed by atoms with Gasteiger partial charge in [-0.25, -0.2) is 0 Å². The van der Waals surface area contributed by atoms with Crippen LogP contribution in [0.5, 0.6) is 17.2 Å². The lowest BCUT2D eigenvalue weighted by molar-refractivity contribution is 0.101. The molecule has 0 bridgehead atoms. The van der Waals surface area contributed by atoms with E-state index in [4.69, 9.17) is 14.9 Å². The number of phenolic OH excluding ortho intramolecular Hbond substituents is 2. The summed E-state index contributed by atoms with van der Waals surface area (Å²) in [6, 6.07) is 10.5. The molecule has 4 heteroatoms. The first-order valence-corrected chi connectivity index (χ1v) is 9.65. The molecule has 1 atom stereocenters. The van der Waals surface area contributed by atoms with Gasteiger partial charge in [0.2, 0.25) is 0 Å². The highest BCUT2D eigenvalue weighted by molar-refractivity contribution is 5.95. The van der Waals surface area contributed by atoms with E-state index in [1.54, 1.807) is 26.2 Å². The molecule has 2 N–H and O–H groups in total. The Kier molecular flexibility index (Phi) is 7.27. The predicted molar refractivity (Wildman–Crippen MR) is 113 cm³/mol. The zero-order valence-corrected chi connectivity index (χ0v) is 17.4. The fourth-order valence-electron chi connectivity index (χ4n) is 3.53. The van der Waals surface area contributed by atoms with Crippen LogP contribution < -0.4 is 4.74 Å². The van der Waals surface area contributed by atoms with Gasteiger partial charge >= 0.3 is 0 Å². The van der Waals surface area contributed by atoms with Crippen molar-refractivity contribution in [1.29, 1.82) is 0 Å². The molecule has 1 unspecified atom stereocenters. The van der Waals surface area contributed by atoms with E-state index in [1.807, 2.05) is 25.1 Å². The number of ether oxygens (including phenoxy) is 1. The number of aryl methyl sites for hydroxylation is 1. The number of aromatic hydroxyl groups is 2. The number of hydrogen-bond donors (Lipinski definition) is 2. The maximum absolute atomic E-state index is 11.5. The minimum absolute atomic E-state index is 0.0423. The first-order valence-electron chi connectivity index (χ1n) is 9.65. The molecule has 1 aliphatic rings. The van der Waals surface area contributed by atoms with Crippen LogP contribution in [0.1, 0.15) is 62.0 Å². The van der Waals surface area contributed by atoms with Gasteiger partial charge in [0.15, 0.2) is 17.3 Å². The van der Waals surface area contributed by atoms with E-state index in [1.165, 1.54) is 17.2 Å². The van der Waals surface area contributed by atoms with Gasteiger partial charge in [0.05, 0.1) is 7.11 Å². The largest absolute Gasteiger partial charge is 0.504 e. The van der Waals surface area contributed by atoms with Crippen LogP contribution in [-0.2, 0) is 6.42 Å². The first-order chi connectivity index (χ1) is 13.3. The summed E-state index contributed by atoms with van der Waals surface area (Å²) in [6.07, 6.45) is 3.08. The van der Waals surface area contributed by atoms with E-state index in [2.05, 4.69) is 13.8 Å². The van der Waals surface area contributed by atoms with Gasteiger partial charge in [-0.05, 0) is 80.5 Å². The van der Waals surface area contributed by atoms with E-state index in [0.29, 0.717) is 5.92 Å². The van der Waals surface area contributed by atoms with E-state index < -0.39 is 0 Å². The number of carbonyl (C=O) groups excluding carboxylic acids is 1. The summed E-state index contributed by atoms with van der Waals surface area (Å²) in [5.41, 5.74) is 5.64. The van der Waals surface area contributed by atoms with Gasteiger partial charge in [0.1, 0.15) is 5.75 Å². The predicted octanol–water partition coefficient (Wildman–Crippen LogP) is 5.76. The molecule has 0 aromatic heterocycles. The van der Waals surface area contributed by atoms with Gasteiger partial charge < -0.3 is 14.9 Å². The van der Waals surface area contributed by atoms with Gasteiger partial charge in [0.25, 0.3) is 0 Å². The molecule has 2 aromatic carbocycles. The molecule has 0 heterocycles. The minimum Gasteiger partial charge on any atom is -0.504 e. The van der Waals surface area contributed by atoms with Crippen molar-refractivity contribution in [3.05, 3.63) is 58.7 Å². The monoisotopic (exact) mass is 382 g/mol. The van der Waals surface area contributed by atoms with Gasteiger partial charge in [-0.1, -0.05) is 25.5 Å². The van der Waals surface area contributed by atoms with Gasteiger partial charge in [-0.3, -0.25) is 4.79 Å². The zero-order valence-electron chi connectivity index (χ0n) is 17.4. The molecule has 0 amide bonds. The van der Waals surface area contributed by atoms with Crippen molar-refractivity contribution in [1.82, 2.24) is 0 Å². The number of allylic oxidation sites excluding steroid dienone is 2. The number of carbonyl (C=O) groups is 1. The third-order valence-electron chi connectivity index (χ3n) is 5.10. The lowest BCUT2D eigenvalue weighted by Gasteiger charge is -2.12. The van der Waals surface area contributed by atoms with E-state index in [9.17, 15) is 4.79 Å². The van der Waals surface area contributed by atoms with E-state index in [-0.39, 0.29) is 17.3 Å². The van der Waals surface area contributed by atoms with Crippen LogP contribution >= 0.6 is 0 Å². The number of Topliss-reactive ketones (excluding diaryl/α,β-unsaturated/α-hetero) is 1. The van der Waals surface area contributed by atoms with Crippen LogP contribution in [0.15, 0.2) is 42.0 Å². The van der Waals surface area contributed by atoms with E-state index >= 15 is 0 Å². The normalized spacial score (nSPS) is 15.8. The van der Waals surface area contributed by atoms with Crippen molar-refractivity contribution < 1.29 is 19.7 Å². The summed E-state index contributed by atoms with van der Waals surface area (Å²) >= 11 is 0. The number of benzene rings is 2. The van der Waals surface area contributed by atoms with Crippen molar-refractivity contribution >= 4 is 11.4 Å². The smallest absolute Gasteiger partial charge is 0.159 e. The Morgan fingerprint density at radius 3 is 2.32 bits per heavy atom. The molecule has 1 aliphatic carbocycles. The van der Waals surface area contributed by atoms with Crippen LogP contribution in [-0.4, -0.2) is 23.1 Å². The molecule has 3 rings (SSSR count). The Morgan fingerprint density at radius 1 is 1.11 bits per heavy atom. The third-order valence-corrected chi connectivity index (χ3v) is 5.10. The quantitative estimate of drug-likeness (QED) is 0.521. The summed E-state index contributed by atoms with van der Waals surface area (Å²) in [5, 5.41) is 17.9. The van der Waals surface area contributed by atoms with Gasteiger partial charge in [-0.15, -0.1) is 0 Å². The molecule has 0 saturated carbocycles.